The second-order valence-electron chi connectivity index (χ2n) is 11.0. The Morgan fingerprint density at radius 3 is 0.641 bits per heavy atom. The van der Waals surface area contributed by atoms with E-state index < -0.39 is 20.2 Å². The first-order chi connectivity index (χ1) is 18.1. The van der Waals surface area contributed by atoms with Gasteiger partial charge in [-0.15, -0.1) is 0 Å². The van der Waals surface area contributed by atoms with E-state index in [9.17, 15) is 25.9 Å². The summed E-state index contributed by atoms with van der Waals surface area (Å²) in [5.41, 5.74) is 0. The van der Waals surface area contributed by atoms with Crippen molar-refractivity contribution in [3.8, 4) is 0 Å². The quantitative estimate of drug-likeness (QED) is 0.0453. The van der Waals surface area contributed by atoms with Crippen LogP contribution in [0, 0.1) is 0 Å². The van der Waals surface area contributed by atoms with Crippen LogP contribution in [0.1, 0.15) is 181 Å². The Kier molecular flexibility index (Phi) is 39.0. The minimum absolute atomic E-state index is 0. The topological polar surface area (TPSA) is 114 Å². The molecule has 0 aromatic rings. The normalized spacial score (nSPS) is 11.6. The fourth-order valence-electron chi connectivity index (χ4n) is 4.59. The third kappa shape index (κ3) is 49.4. The molecule has 232 valence electrons. The van der Waals surface area contributed by atoms with Crippen LogP contribution in [0.25, 0.3) is 0 Å². The van der Waals surface area contributed by atoms with E-state index in [0.717, 1.165) is 25.7 Å². The fourth-order valence-corrected chi connectivity index (χ4v) is 5.71. The number of hydrogen-bond acceptors (Lipinski definition) is 6. The Hall–Kier alpha value is 1.39. The first-order valence-electron chi connectivity index (χ1n) is 16.0. The summed E-state index contributed by atoms with van der Waals surface area (Å²) in [6.45, 7) is 4.49. The second kappa shape index (κ2) is 33.9. The van der Waals surface area contributed by atoms with E-state index >= 15 is 0 Å². The molecule has 0 amide bonds. The number of rotatable bonds is 28. The van der Waals surface area contributed by atoms with Gasteiger partial charge >= 0.3 is 48.9 Å². The summed E-state index contributed by atoms with van der Waals surface area (Å²) in [7, 11) is -7.98. The minimum Gasteiger partial charge on any atom is -0.748 e. The van der Waals surface area contributed by atoms with Gasteiger partial charge in [-0.25, -0.2) is 16.8 Å². The van der Waals surface area contributed by atoms with Crippen molar-refractivity contribution in [2.24, 2.45) is 0 Å². The van der Waals surface area contributed by atoms with Crippen molar-refractivity contribution in [3.63, 3.8) is 0 Å². The van der Waals surface area contributed by atoms with Crippen LogP contribution in [0.4, 0.5) is 0 Å². The Balaban J connectivity index is -0.000000648. The predicted molar refractivity (Wildman–Crippen MR) is 166 cm³/mol. The van der Waals surface area contributed by atoms with Crippen LogP contribution in [0.3, 0.4) is 0 Å². The van der Waals surface area contributed by atoms with E-state index in [-0.39, 0.29) is 60.4 Å². The van der Waals surface area contributed by atoms with Gasteiger partial charge in [0.25, 0.3) is 0 Å². The molecule has 0 saturated carbocycles. The van der Waals surface area contributed by atoms with Crippen molar-refractivity contribution in [2.75, 3.05) is 11.5 Å². The molecule has 0 aromatic heterocycles. The molecule has 0 unspecified atom stereocenters. The van der Waals surface area contributed by atoms with E-state index in [1.165, 1.54) is 128 Å². The van der Waals surface area contributed by atoms with Crippen molar-refractivity contribution in [1.29, 1.82) is 0 Å². The van der Waals surface area contributed by atoms with Crippen LogP contribution in [-0.4, -0.2) is 86.3 Å². The van der Waals surface area contributed by atoms with Gasteiger partial charge in [0, 0.05) is 11.5 Å². The standard InChI is InChI=1S/2C15H32O3S.Ba/c2*1-2-3-4-5-6-7-8-9-10-11-12-13-14-15-19(16,17)18;/h2*2-15H2,1H3,(H,16,17,18);/q;;+2/p-2. The molecule has 0 aliphatic heterocycles. The molecular weight excluding hydrogens is 658 g/mol. The van der Waals surface area contributed by atoms with Crippen LogP contribution >= 0.6 is 0 Å². The van der Waals surface area contributed by atoms with Crippen LogP contribution in [-0.2, 0) is 20.2 Å². The summed E-state index contributed by atoms with van der Waals surface area (Å²) in [6.07, 6.45) is 31.4. The van der Waals surface area contributed by atoms with Crippen LogP contribution < -0.4 is 0 Å². The van der Waals surface area contributed by atoms with Crippen molar-refractivity contribution < 1.29 is 25.9 Å². The SMILES string of the molecule is CCCCCCCCCCCCCCCS(=O)(=O)[O-].CCCCCCCCCCCCCCCS(=O)(=O)[O-].[Ba+2]. The Morgan fingerprint density at radius 2 is 0.487 bits per heavy atom. The van der Waals surface area contributed by atoms with Gasteiger partial charge in [0.15, 0.2) is 0 Å². The molecule has 0 saturated heterocycles. The first kappa shape index (κ1) is 44.8. The molecule has 6 nitrogen and oxygen atoms in total. The Labute approximate surface area is 284 Å². The van der Waals surface area contributed by atoms with Gasteiger partial charge in [0.05, 0.1) is 20.2 Å². The van der Waals surface area contributed by atoms with Crippen molar-refractivity contribution >= 4 is 69.1 Å². The van der Waals surface area contributed by atoms with Crippen LogP contribution in [0.15, 0.2) is 0 Å². The van der Waals surface area contributed by atoms with Gasteiger partial charge in [0.2, 0.25) is 0 Å². The average molecular weight is 720 g/mol. The molecule has 39 heavy (non-hydrogen) atoms. The fraction of sp³-hybridized carbons (Fsp3) is 1.00. The maximum Gasteiger partial charge on any atom is 2.00 e. The average Bonchev–Trinajstić information content (AvgIpc) is 2.84. The molecule has 0 aliphatic rings. The maximum absolute atomic E-state index is 10.4. The Morgan fingerprint density at radius 1 is 0.333 bits per heavy atom. The van der Waals surface area contributed by atoms with Gasteiger partial charge in [-0.1, -0.05) is 168 Å². The molecule has 0 rings (SSSR count). The van der Waals surface area contributed by atoms with Gasteiger partial charge in [-0.2, -0.15) is 0 Å². The molecule has 0 radical (unpaired) electrons. The summed E-state index contributed by atoms with van der Waals surface area (Å²) < 4.78 is 62.3. The van der Waals surface area contributed by atoms with Gasteiger partial charge < -0.3 is 9.11 Å². The molecular formula is C30H62BaO6S2. The van der Waals surface area contributed by atoms with E-state index in [2.05, 4.69) is 13.8 Å². The van der Waals surface area contributed by atoms with Gasteiger partial charge in [0.1, 0.15) is 0 Å². The minimum atomic E-state index is -3.99. The van der Waals surface area contributed by atoms with E-state index in [0.29, 0.717) is 12.8 Å². The molecule has 0 atom stereocenters. The summed E-state index contributed by atoms with van der Waals surface area (Å²) in [5.74, 6) is -0.379. The maximum atomic E-state index is 10.4. The van der Waals surface area contributed by atoms with Gasteiger partial charge in [-0.3, -0.25) is 0 Å². The third-order valence-electron chi connectivity index (χ3n) is 7.00. The second-order valence-corrected chi connectivity index (χ2v) is 14.1. The summed E-state index contributed by atoms with van der Waals surface area (Å²) in [6, 6.07) is 0. The molecule has 0 bridgehead atoms. The zero-order valence-electron chi connectivity index (χ0n) is 25.8. The molecule has 0 heterocycles. The largest absolute Gasteiger partial charge is 2.00 e. The van der Waals surface area contributed by atoms with Crippen molar-refractivity contribution in [3.05, 3.63) is 0 Å². The van der Waals surface area contributed by atoms with Crippen molar-refractivity contribution in [1.82, 2.24) is 0 Å². The smallest absolute Gasteiger partial charge is 0.748 e. The zero-order chi connectivity index (χ0) is 28.8. The Bertz CT molecular complexity index is 611. The molecule has 0 aliphatic carbocycles. The zero-order valence-corrected chi connectivity index (χ0v) is 31.8. The molecule has 0 aromatic carbocycles. The summed E-state index contributed by atoms with van der Waals surface area (Å²) in [4.78, 5) is 0. The number of hydrogen-bond donors (Lipinski definition) is 0. The van der Waals surface area contributed by atoms with Gasteiger partial charge in [-0.05, 0) is 12.8 Å². The molecule has 0 fully saturated rings. The van der Waals surface area contributed by atoms with E-state index in [1.807, 2.05) is 0 Å². The molecule has 0 N–H and O–H groups in total. The molecule has 0 spiro atoms. The van der Waals surface area contributed by atoms with Crippen LogP contribution in [0.2, 0.25) is 0 Å². The summed E-state index contributed by atoms with van der Waals surface area (Å²) >= 11 is 0. The van der Waals surface area contributed by atoms with Crippen molar-refractivity contribution in [2.45, 2.75) is 181 Å². The number of unbranched alkanes of at least 4 members (excludes halogenated alkanes) is 24. The summed E-state index contributed by atoms with van der Waals surface area (Å²) in [5, 5.41) is 0. The van der Waals surface area contributed by atoms with E-state index in [4.69, 9.17) is 0 Å². The third-order valence-corrected chi connectivity index (χ3v) is 8.57. The predicted octanol–water partition coefficient (Wildman–Crippen LogP) is 8.86. The monoisotopic (exact) mass is 720 g/mol. The first-order valence-corrected chi connectivity index (χ1v) is 19.1. The molecule has 9 heteroatoms. The van der Waals surface area contributed by atoms with Crippen LogP contribution in [0.5, 0.6) is 0 Å². The van der Waals surface area contributed by atoms with E-state index in [1.54, 1.807) is 0 Å².